The van der Waals surface area contributed by atoms with Crippen LogP contribution in [0.3, 0.4) is 0 Å². The van der Waals surface area contributed by atoms with Gasteiger partial charge in [-0.25, -0.2) is 14.6 Å². The predicted molar refractivity (Wildman–Crippen MR) is 71.6 cm³/mol. The highest BCUT2D eigenvalue weighted by Gasteiger charge is 2.14. The molecule has 1 N–H and O–H groups in total. The summed E-state index contributed by atoms with van der Waals surface area (Å²) in [4.78, 5) is 8.88. The molecule has 6 heteroatoms. The number of aromatic nitrogens is 4. The van der Waals surface area contributed by atoms with Gasteiger partial charge in [-0.3, -0.25) is 0 Å². The fraction of sp³-hybridized carbons (Fsp3) is 0.231. The molecule has 0 aliphatic rings. The summed E-state index contributed by atoms with van der Waals surface area (Å²) in [7, 11) is 0. The smallest absolute Gasteiger partial charge is 0.245 e. The topological polar surface area (TPSA) is 76.7 Å². The normalized spacial score (nSPS) is 11.1. The molecule has 0 aliphatic carbocycles. The largest absolute Gasteiger partial charge is 0.366 e. The summed E-state index contributed by atoms with van der Waals surface area (Å²) in [5.41, 5.74) is 2.54. The number of hydrogen-bond acceptors (Lipinski definition) is 6. The van der Waals surface area contributed by atoms with Crippen LogP contribution in [0.15, 0.2) is 35.0 Å². The number of anilines is 1. The van der Waals surface area contributed by atoms with Crippen LogP contribution in [0.4, 0.5) is 5.82 Å². The van der Waals surface area contributed by atoms with Crippen LogP contribution >= 0.6 is 0 Å². The van der Waals surface area contributed by atoms with Crippen LogP contribution in [0.25, 0.3) is 22.6 Å². The maximum absolute atomic E-state index is 4.66. The van der Waals surface area contributed by atoms with Crippen LogP contribution in [0.5, 0.6) is 0 Å². The molecular formula is C13H13N5O. The third-order valence-corrected chi connectivity index (χ3v) is 2.59. The first-order valence-electron chi connectivity index (χ1n) is 6.06. The van der Waals surface area contributed by atoms with Gasteiger partial charge in [0.05, 0.1) is 0 Å². The molecule has 0 bridgehead atoms. The zero-order valence-electron chi connectivity index (χ0n) is 10.7. The minimum Gasteiger partial charge on any atom is -0.366 e. The number of rotatable bonds is 3. The van der Waals surface area contributed by atoms with Gasteiger partial charge in [-0.15, -0.1) is 0 Å². The number of hydrogen-bond donors (Lipinski definition) is 1. The monoisotopic (exact) mass is 255 g/mol. The van der Waals surface area contributed by atoms with Gasteiger partial charge in [-0.1, -0.05) is 30.3 Å². The quantitative estimate of drug-likeness (QED) is 0.774. The van der Waals surface area contributed by atoms with Crippen LogP contribution in [0, 0.1) is 0 Å². The van der Waals surface area contributed by atoms with E-state index in [1.165, 1.54) is 0 Å². The minimum absolute atomic E-state index is 0.245. The Hall–Kier alpha value is -2.50. The first-order chi connectivity index (χ1) is 9.24. The van der Waals surface area contributed by atoms with Gasteiger partial charge in [0.15, 0.2) is 5.82 Å². The van der Waals surface area contributed by atoms with Gasteiger partial charge in [0.1, 0.15) is 5.69 Å². The molecule has 1 aromatic carbocycles. The maximum Gasteiger partial charge on any atom is 0.245 e. The second-order valence-electron chi connectivity index (χ2n) is 4.50. The predicted octanol–water partition coefficient (Wildman–Crippen LogP) is 2.50. The van der Waals surface area contributed by atoms with Crippen molar-refractivity contribution < 1.29 is 4.63 Å². The molecule has 0 radical (unpaired) electrons. The molecule has 0 amide bonds. The van der Waals surface area contributed by atoms with Crippen molar-refractivity contribution in [3.05, 3.63) is 30.3 Å². The molecule has 0 saturated carbocycles. The van der Waals surface area contributed by atoms with Crippen LogP contribution in [-0.4, -0.2) is 26.3 Å². The van der Waals surface area contributed by atoms with E-state index >= 15 is 0 Å². The number of benzene rings is 1. The van der Waals surface area contributed by atoms with Gasteiger partial charge < -0.3 is 5.32 Å². The van der Waals surface area contributed by atoms with E-state index in [0.717, 1.165) is 11.3 Å². The van der Waals surface area contributed by atoms with E-state index in [4.69, 9.17) is 0 Å². The fourth-order valence-electron chi connectivity index (χ4n) is 1.81. The molecule has 0 fully saturated rings. The standard InChI is InChI=1S/C13H13N5O/c1-8(2)14-11-10(9-6-4-3-5-7-9)15-12-13(16-11)18-19-17-12/h3-8H,1-2H3,(H,14,16,18). The van der Waals surface area contributed by atoms with Crippen molar-refractivity contribution in [1.29, 1.82) is 0 Å². The molecule has 3 rings (SSSR count). The van der Waals surface area contributed by atoms with Crippen LogP contribution in [0.2, 0.25) is 0 Å². The Morgan fingerprint density at radius 2 is 1.68 bits per heavy atom. The van der Waals surface area contributed by atoms with E-state index in [9.17, 15) is 0 Å². The number of nitrogens with one attached hydrogen (secondary N) is 1. The lowest BCUT2D eigenvalue weighted by Gasteiger charge is -2.12. The summed E-state index contributed by atoms with van der Waals surface area (Å²) < 4.78 is 4.66. The van der Waals surface area contributed by atoms with Gasteiger partial charge in [0, 0.05) is 11.6 Å². The van der Waals surface area contributed by atoms with E-state index in [0.29, 0.717) is 17.1 Å². The highest BCUT2D eigenvalue weighted by molar-refractivity contribution is 5.78. The third kappa shape index (κ3) is 2.24. The molecule has 19 heavy (non-hydrogen) atoms. The molecule has 0 aliphatic heterocycles. The van der Waals surface area contributed by atoms with E-state index in [2.05, 4.69) is 30.2 Å². The van der Waals surface area contributed by atoms with E-state index in [1.54, 1.807) is 0 Å². The van der Waals surface area contributed by atoms with Gasteiger partial charge in [-0.2, -0.15) is 0 Å². The van der Waals surface area contributed by atoms with Gasteiger partial charge >= 0.3 is 0 Å². The zero-order chi connectivity index (χ0) is 13.2. The van der Waals surface area contributed by atoms with Crippen molar-refractivity contribution in [3.63, 3.8) is 0 Å². The first-order valence-corrected chi connectivity index (χ1v) is 6.06. The van der Waals surface area contributed by atoms with Crippen molar-refractivity contribution >= 4 is 17.1 Å². The Kier molecular flexibility index (Phi) is 2.83. The molecule has 0 unspecified atom stereocenters. The van der Waals surface area contributed by atoms with Gasteiger partial charge in [0.25, 0.3) is 0 Å². The lowest BCUT2D eigenvalue weighted by molar-refractivity contribution is 0.314. The number of nitrogens with zero attached hydrogens (tertiary/aromatic N) is 4. The summed E-state index contributed by atoms with van der Waals surface area (Å²) in [6.45, 7) is 4.09. The molecule has 0 saturated heterocycles. The summed E-state index contributed by atoms with van der Waals surface area (Å²) in [5, 5.41) is 10.7. The average Bonchev–Trinajstić information content (AvgIpc) is 2.85. The molecule has 2 heterocycles. The highest BCUT2D eigenvalue weighted by Crippen LogP contribution is 2.26. The highest BCUT2D eigenvalue weighted by atomic mass is 16.6. The first kappa shape index (κ1) is 11.6. The zero-order valence-corrected chi connectivity index (χ0v) is 10.7. The third-order valence-electron chi connectivity index (χ3n) is 2.59. The molecule has 0 atom stereocenters. The van der Waals surface area contributed by atoms with Crippen molar-refractivity contribution in [2.75, 3.05) is 5.32 Å². The summed E-state index contributed by atoms with van der Waals surface area (Å²) in [6, 6.07) is 10.1. The Morgan fingerprint density at radius 1 is 1.00 bits per heavy atom. The van der Waals surface area contributed by atoms with Crippen molar-refractivity contribution in [1.82, 2.24) is 20.3 Å². The molecule has 96 valence electrons. The van der Waals surface area contributed by atoms with Gasteiger partial charge in [-0.05, 0) is 24.2 Å². The van der Waals surface area contributed by atoms with Crippen molar-refractivity contribution in [3.8, 4) is 11.3 Å². The van der Waals surface area contributed by atoms with Gasteiger partial charge in [0.2, 0.25) is 11.3 Å². The summed E-state index contributed by atoms with van der Waals surface area (Å²) in [6.07, 6.45) is 0. The lowest BCUT2D eigenvalue weighted by Crippen LogP contribution is -2.13. The molecule has 2 aromatic heterocycles. The van der Waals surface area contributed by atoms with E-state index in [1.807, 2.05) is 44.2 Å². The van der Waals surface area contributed by atoms with E-state index in [-0.39, 0.29) is 6.04 Å². The molecular weight excluding hydrogens is 242 g/mol. The average molecular weight is 255 g/mol. The molecule has 6 nitrogen and oxygen atoms in total. The molecule has 0 spiro atoms. The maximum atomic E-state index is 4.66. The summed E-state index contributed by atoms with van der Waals surface area (Å²) >= 11 is 0. The van der Waals surface area contributed by atoms with Crippen LogP contribution in [0.1, 0.15) is 13.8 Å². The van der Waals surface area contributed by atoms with E-state index < -0.39 is 0 Å². The Labute approximate surface area is 109 Å². The SMILES string of the molecule is CC(C)Nc1nc2nonc2nc1-c1ccccc1. The Morgan fingerprint density at radius 3 is 2.37 bits per heavy atom. The number of fused-ring (bicyclic) bond motifs is 1. The van der Waals surface area contributed by atoms with Crippen LogP contribution in [-0.2, 0) is 0 Å². The summed E-state index contributed by atoms with van der Waals surface area (Å²) in [5.74, 6) is 0.685. The minimum atomic E-state index is 0.245. The Bertz CT molecular complexity index is 693. The molecule has 3 aromatic rings. The fourth-order valence-corrected chi connectivity index (χ4v) is 1.81. The van der Waals surface area contributed by atoms with Crippen LogP contribution < -0.4 is 5.32 Å². The van der Waals surface area contributed by atoms with Crippen molar-refractivity contribution in [2.24, 2.45) is 0 Å². The second kappa shape index (κ2) is 4.64. The second-order valence-corrected chi connectivity index (χ2v) is 4.50. The Balaban J connectivity index is 2.19. The lowest BCUT2D eigenvalue weighted by atomic mass is 10.1. The van der Waals surface area contributed by atoms with Crippen molar-refractivity contribution in [2.45, 2.75) is 19.9 Å².